The van der Waals surface area contributed by atoms with Crippen LogP contribution in [0.15, 0.2) is 73.3 Å². The third-order valence-electron chi connectivity index (χ3n) is 5.63. The third-order valence-corrected chi connectivity index (χ3v) is 6.57. The summed E-state index contributed by atoms with van der Waals surface area (Å²) < 4.78 is 0. The summed E-state index contributed by atoms with van der Waals surface area (Å²) >= 11 is 25.3. The second-order valence-corrected chi connectivity index (χ2v) is 9.59. The maximum absolute atomic E-state index is 6.32. The fourth-order valence-electron chi connectivity index (χ4n) is 4.16. The molecule has 5 heterocycles. The molecule has 0 radical (unpaired) electrons. The van der Waals surface area contributed by atoms with Crippen molar-refractivity contribution in [2.45, 2.75) is 24.2 Å². The molecule has 6 nitrogen and oxygen atoms in total. The molecule has 0 spiro atoms. The molecular weight excluding hydrogens is 514 g/mol. The van der Waals surface area contributed by atoms with E-state index in [-0.39, 0.29) is 24.2 Å². The lowest BCUT2D eigenvalue weighted by Gasteiger charge is -2.43. The summed E-state index contributed by atoms with van der Waals surface area (Å²) in [5.74, 6) is 0. The zero-order chi connectivity index (χ0) is 23.7. The highest BCUT2D eigenvalue weighted by Crippen LogP contribution is 2.42. The number of nitrogens with one attached hydrogen (secondary N) is 2. The van der Waals surface area contributed by atoms with Crippen molar-refractivity contribution in [2.24, 2.45) is 0 Å². The van der Waals surface area contributed by atoms with E-state index in [0.29, 0.717) is 20.1 Å². The van der Waals surface area contributed by atoms with Crippen LogP contribution in [0.3, 0.4) is 0 Å². The molecule has 0 amide bonds. The molecule has 0 bridgehead atoms. The number of aromatic nitrogens is 4. The second-order valence-electron chi connectivity index (χ2n) is 7.84. The van der Waals surface area contributed by atoms with E-state index in [1.54, 1.807) is 49.1 Å². The van der Waals surface area contributed by atoms with Gasteiger partial charge in [0.05, 0.1) is 46.9 Å². The monoisotopic (exact) mass is 530 g/mol. The van der Waals surface area contributed by atoms with E-state index in [9.17, 15) is 0 Å². The van der Waals surface area contributed by atoms with Crippen molar-refractivity contribution >= 4 is 46.4 Å². The number of hydrogen-bond acceptors (Lipinski definition) is 6. The third kappa shape index (κ3) is 5.03. The summed E-state index contributed by atoms with van der Waals surface area (Å²) in [6.07, 6.45) is 6.72. The van der Waals surface area contributed by atoms with E-state index < -0.39 is 0 Å². The molecule has 10 heteroatoms. The Morgan fingerprint density at radius 3 is 0.882 bits per heavy atom. The van der Waals surface area contributed by atoms with E-state index in [1.165, 1.54) is 0 Å². The zero-order valence-corrected chi connectivity index (χ0v) is 20.6. The van der Waals surface area contributed by atoms with E-state index in [4.69, 9.17) is 46.4 Å². The fraction of sp³-hybridized carbons (Fsp3) is 0.167. The van der Waals surface area contributed by atoms with Gasteiger partial charge in [-0.3, -0.25) is 30.6 Å². The van der Waals surface area contributed by atoms with Crippen molar-refractivity contribution in [3.8, 4) is 0 Å². The number of halogens is 4. The lowest BCUT2D eigenvalue weighted by Crippen LogP contribution is -2.50. The Balaban J connectivity index is 1.65. The Morgan fingerprint density at radius 1 is 0.441 bits per heavy atom. The molecule has 0 aliphatic carbocycles. The van der Waals surface area contributed by atoms with Gasteiger partial charge in [0.25, 0.3) is 0 Å². The first-order valence-corrected chi connectivity index (χ1v) is 12.0. The molecule has 1 aliphatic rings. The zero-order valence-electron chi connectivity index (χ0n) is 17.5. The highest BCUT2D eigenvalue weighted by molar-refractivity contribution is 6.31. The predicted octanol–water partition coefficient (Wildman–Crippen LogP) is 6.34. The molecular formula is C24H18Cl4N6. The van der Waals surface area contributed by atoms with Crippen LogP contribution in [-0.4, -0.2) is 19.9 Å². The number of nitrogens with zero attached hydrogens (tertiary/aromatic N) is 4. The van der Waals surface area contributed by atoms with Gasteiger partial charge < -0.3 is 0 Å². The Hall–Kier alpha value is -2.32. The molecule has 1 saturated heterocycles. The van der Waals surface area contributed by atoms with Crippen LogP contribution in [-0.2, 0) is 0 Å². The maximum Gasteiger partial charge on any atom is 0.0715 e. The van der Waals surface area contributed by atoms with Crippen molar-refractivity contribution in [3.63, 3.8) is 0 Å². The predicted molar refractivity (Wildman–Crippen MR) is 134 cm³/mol. The van der Waals surface area contributed by atoms with Gasteiger partial charge in [-0.25, -0.2) is 0 Å². The molecule has 0 unspecified atom stereocenters. The van der Waals surface area contributed by atoms with Crippen LogP contribution < -0.4 is 10.6 Å². The van der Waals surface area contributed by atoms with E-state index in [2.05, 4.69) is 30.6 Å². The van der Waals surface area contributed by atoms with Gasteiger partial charge >= 0.3 is 0 Å². The summed E-state index contributed by atoms with van der Waals surface area (Å²) in [5.41, 5.74) is 2.99. The highest BCUT2D eigenvalue weighted by Gasteiger charge is 2.41. The first kappa shape index (κ1) is 23.4. The number of pyridine rings is 4. The second kappa shape index (κ2) is 10.1. The Morgan fingerprint density at radius 2 is 0.676 bits per heavy atom. The minimum Gasteiger partial charge on any atom is -0.297 e. The smallest absolute Gasteiger partial charge is 0.0715 e. The minimum atomic E-state index is -0.314. The molecule has 0 saturated carbocycles. The largest absolute Gasteiger partial charge is 0.297 e. The first-order valence-electron chi connectivity index (χ1n) is 10.5. The SMILES string of the molecule is Clc1ccnc([C@H]2N[C@@H](c3cc(Cl)ccn3)[C@H](c3cc(Cl)ccn3)N[C@@H]2c2cc(Cl)ccn2)c1. The normalized spacial score (nSPS) is 22.5. The number of hydrogen-bond donors (Lipinski definition) is 2. The van der Waals surface area contributed by atoms with Crippen LogP contribution >= 0.6 is 46.4 Å². The maximum atomic E-state index is 6.32. The van der Waals surface area contributed by atoms with E-state index in [0.717, 1.165) is 22.8 Å². The van der Waals surface area contributed by atoms with Gasteiger partial charge in [-0.15, -0.1) is 0 Å². The quantitative estimate of drug-likeness (QED) is 0.320. The molecule has 4 aromatic rings. The van der Waals surface area contributed by atoms with Crippen LogP contribution in [0.4, 0.5) is 0 Å². The molecule has 1 aliphatic heterocycles. The Bertz CT molecular complexity index is 1120. The number of piperazine rings is 1. The summed E-state index contributed by atoms with van der Waals surface area (Å²) in [5, 5.41) is 9.75. The topological polar surface area (TPSA) is 75.6 Å². The number of rotatable bonds is 4. The van der Waals surface area contributed by atoms with Gasteiger partial charge in [0.15, 0.2) is 0 Å². The molecule has 0 aromatic carbocycles. The Kier molecular flexibility index (Phi) is 6.97. The van der Waals surface area contributed by atoms with Crippen molar-refractivity contribution < 1.29 is 0 Å². The highest BCUT2D eigenvalue weighted by atomic mass is 35.5. The Labute approximate surface area is 216 Å². The lowest BCUT2D eigenvalue weighted by atomic mass is 9.88. The fourth-order valence-corrected chi connectivity index (χ4v) is 4.83. The van der Waals surface area contributed by atoms with Gasteiger partial charge in [-0.1, -0.05) is 46.4 Å². The van der Waals surface area contributed by atoms with Gasteiger partial charge in [0, 0.05) is 44.9 Å². The standard InChI is InChI=1S/C24H18Cl4N6/c25-13-1-5-29-17(9-13)21-22(18-10-14(26)2-6-30-18)34-24(20-12-16(28)4-8-32-20)23(33-21)19-11-15(27)3-7-31-19/h1-12,21-24,33-34H/t21-,22-,23+,24+. The van der Waals surface area contributed by atoms with Gasteiger partial charge in [0.2, 0.25) is 0 Å². The summed E-state index contributed by atoms with van der Waals surface area (Å²) in [4.78, 5) is 18.4. The molecule has 4 atom stereocenters. The van der Waals surface area contributed by atoms with Gasteiger partial charge in [-0.2, -0.15) is 0 Å². The summed E-state index contributed by atoms with van der Waals surface area (Å²) in [7, 11) is 0. The van der Waals surface area contributed by atoms with E-state index in [1.807, 2.05) is 24.3 Å². The summed E-state index contributed by atoms with van der Waals surface area (Å²) in [6, 6.07) is 13.0. The molecule has 5 rings (SSSR count). The first-order chi connectivity index (χ1) is 16.5. The average Bonchev–Trinajstić information content (AvgIpc) is 2.83. The lowest BCUT2D eigenvalue weighted by molar-refractivity contribution is 0.200. The van der Waals surface area contributed by atoms with Crippen molar-refractivity contribution in [1.29, 1.82) is 0 Å². The van der Waals surface area contributed by atoms with Crippen LogP contribution in [0.2, 0.25) is 20.1 Å². The van der Waals surface area contributed by atoms with Crippen LogP contribution in [0.5, 0.6) is 0 Å². The van der Waals surface area contributed by atoms with Crippen LogP contribution in [0, 0.1) is 0 Å². The van der Waals surface area contributed by atoms with Crippen molar-refractivity contribution in [2.75, 3.05) is 0 Å². The minimum absolute atomic E-state index is 0.314. The molecule has 172 valence electrons. The van der Waals surface area contributed by atoms with Crippen molar-refractivity contribution in [3.05, 3.63) is 116 Å². The van der Waals surface area contributed by atoms with Gasteiger partial charge in [-0.05, 0) is 48.5 Å². The molecule has 1 fully saturated rings. The molecule has 2 N–H and O–H groups in total. The van der Waals surface area contributed by atoms with Crippen LogP contribution in [0.1, 0.15) is 46.9 Å². The van der Waals surface area contributed by atoms with Gasteiger partial charge in [0.1, 0.15) is 0 Å². The summed E-state index contributed by atoms with van der Waals surface area (Å²) in [6.45, 7) is 0. The van der Waals surface area contributed by atoms with Crippen LogP contribution in [0.25, 0.3) is 0 Å². The average molecular weight is 532 g/mol. The van der Waals surface area contributed by atoms with E-state index >= 15 is 0 Å². The molecule has 34 heavy (non-hydrogen) atoms. The van der Waals surface area contributed by atoms with Crippen molar-refractivity contribution in [1.82, 2.24) is 30.6 Å². The molecule has 4 aromatic heterocycles.